The molecule has 0 spiro atoms. The lowest BCUT2D eigenvalue weighted by Gasteiger charge is -2.10. The normalized spacial score (nSPS) is 10.4. The number of carboxylic acid groups (broad SMARTS) is 1. The van der Waals surface area contributed by atoms with E-state index in [4.69, 9.17) is 0 Å². The van der Waals surface area contributed by atoms with Crippen molar-refractivity contribution in [2.75, 3.05) is 0 Å². The van der Waals surface area contributed by atoms with Crippen LogP contribution in [-0.4, -0.2) is 16.1 Å². The summed E-state index contributed by atoms with van der Waals surface area (Å²) in [5.41, 5.74) is 4.58. The maximum Gasteiger partial charge on any atom is 0.336 e. The topological polar surface area (TPSA) is 50.2 Å². The molecule has 1 aromatic heterocycles. The van der Waals surface area contributed by atoms with Gasteiger partial charge in [0.1, 0.15) is 0 Å². The molecule has 0 saturated carbocycles. The van der Waals surface area contributed by atoms with Gasteiger partial charge in [-0.3, -0.25) is 4.98 Å². The maximum absolute atomic E-state index is 11.2. The van der Waals surface area contributed by atoms with Crippen LogP contribution in [0.25, 0.3) is 11.3 Å². The van der Waals surface area contributed by atoms with Gasteiger partial charge in [-0.2, -0.15) is 0 Å². The minimum Gasteiger partial charge on any atom is -0.478 e. The zero-order chi connectivity index (χ0) is 13.3. The van der Waals surface area contributed by atoms with E-state index >= 15 is 0 Å². The van der Waals surface area contributed by atoms with Gasteiger partial charge in [0.25, 0.3) is 0 Å². The average Bonchev–Trinajstić information content (AvgIpc) is 2.31. The van der Waals surface area contributed by atoms with Gasteiger partial charge < -0.3 is 5.11 Å². The van der Waals surface area contributed by atoms with Crippen molar-refractivity contribution >= 4 is 5.97 Å². The fourth-order valence-electron chi connectivity index (χ4n) is 2.03. The van der Waals surface area contributed by atoms with E-state index in [1.807, 2.05) is 38.1 Å². The van der Waals surface area contributed by atoms with Crippen molar-refractivity contribution in [3.63, 3.8) is 0 Å². The molecule has 1 heterocycles. The lowest BCUT2D eigenvalue weighted by Crippen LogP contribution is -2.04. The highest BCUT2D eigenvalue weighted by molar-refractivity contribution is 5.91. The summed E-state index contributed by atoms with van der Waals surface area (Å²) in [5.74, 6) is -0.910. The Morgan fingerprint density at radius 3 is 2.50 bits per heavy atom. The lowest BCUT2D eigenvalue weighted by atomic mass is 10.00. The molecule has 2 aromatic rings. The standard InChI is InChI=1S/C15H15NO2/c1-9-5-4-6-12(7-9)14-11(3)13(15(17)18)8-10(2)16-14/h4-8H,1-3H3,(H,17,18). The first-order chi connectivity index (χ1) is 8.49. The fraction of sp³-hybridized carbons (Fsp3) is 0.200. The van der Waals surface area contributed by atoms with Gasteiger partial charge in [0.05, 0.1) is 11.3 Å². The fourth-order valence-corrected chi connectivity index (χ4v) is 2.03. The van der Waals surface area contributed by atoms with E-state index in [1.54, 1.807) is 13.0 Å². The zero-order valence-corrected chi connectivity index (χ0v) is 10.7. The van der Waals surface area contributed by atoms with E-state index in [2.05, 4.69) is 4.98 Å². The van der Waals surface area contributed by atoms with Gasteiger partial charge >= 0.3 is 5.97 Å². The number of carboxylic acids is 1. The Morgan fingerprint density at radius 2 is 1.89 bits per heavy atom. The van der Waals surface area contributed by atoms with Crippen LogP contribution >= 0.6 is 0 Å². The van der Waals surface area contributed by atoms with Gasteiger partial charge in [-0.15, -0.1) is 0 Å². The molecule has 1 N–H and O–H groups in total. The number of rotatable bonds is 2. The second kappa shape index (κ2) is 4.61. The summed E-state index contributed by atoms with van der Waals surface area (Å²) in [7, 11) is 0. The highest BCUT2D eigenvalue weighted by Gasteiger charge is 2.14. The first-order valence-electron chi connectivity index (χ1n) is 5.77. The Balaban J connectivity index is 2.68. The van der Waals surface area contributed by atoms with Crippen molar-refractivity contribution in [2.24, 2.45) is 0 Å². The van der Waals surface area contributed by atoms with Crippen LogP contribution in [0.1, 0.15) is 27.2 Å². The maximum atomic E-state index is 11.2. The molecule has 0 unspecified atom stereocenters. The van der Waals surface area contributed by atoms with Gasteiger partial charge in [0.15, 0.2) is 0 Å². The van der Waals surface area contributed by atoms with E-state index in [0.717, 1.165) is 22.5 Å². The van der Waals surface area contributed by atoms with Crippen LogP contribution < -0.4 is 0 Å². The summed E-state index contributed by atoms with van der Waals surface area (Å²) in [4.78, 5) is 15.7. The summed E-state index contributed by atoms with van der Waals surface area (Å²) in [5, 5.41) is 9.19. The van der Waals surface area contributed by atoms with Gasteiger partial charge in [-0.25, -0.2) is 4.79 Å². The van der Waals surface area contributed by atoms with Crippen molar-refractivity contribution in [1.29, 1.82) is 0 Å². The third kappa shape index (κ3) is 2.25. The minimum absolute atomic E-state index is 0.319. The van der Waals surface area contributed by atoms with E-state index in [0.29, 0.717) is 11.1 Å². The molecule has 0 radical (unpaired) electrons. The highest BCUT2D eigenvalue weighted by atomic mass is 16.4. The van der Waals surface area contributed by atoms with Crippen molar-refractivity contribution in [1.82, 2.24) is 4.98 Å². The monoisotopic (exact) mass is 241 g/mol. The summed E-state index contributed by atoms with van der Waals surface area (Å²) in [6.45, 7) is 5.62. The predicted molar refractivity (Wildman–Crippen MR) is 70.8 cm³/mol. The summed E-state index contributed by atoms with van der Waals surface area (Å²) < 4.78 is 0. The van der Waals surface area contributed by atoms with Crippen molar-refractivity contribution in [3.05, 3.63) is 52.7 Å². The molecule has 3 heteroatoms. The molecule has 92 valence electrons. The van der Waals surface area contributed by atoms with Gasteiger partial charge in [-0.1, -0.05) is 23.8 Å². The molecule has 2 rings (SSSR count). The third-order valence-electron chi connectivity index (χ3n) is 2.92. The van der Waals surface area contributed by atoms with Crippen molar-refractivity contribution in [3.8, 4) is 11.3 Å². The van der Waals surface area contributed by atoms with Crippen LogP contribution in [0, 0.1) is 20.8 Å². The van der Waals surface area contributed by atoms with Gasteiger partial charge in [0.2, 0.25) is 0 Å². The number of aromatic nitrogens is 1. The van der Waals surface area contributed by atoms with Crippen LogP contribution in [-0.2, 0) is 0 Å². The first kappa shape index (κ1) is 12.3. The number of hydrogen-bond acceptors (Lipinski definition) is 2. The highest BCUT2D eigenvalue weighted by Crippen LogP contribution is 2.25. The van der Waals surface area contributed by atoms with Crippen LogP contribution in [0.3, 0.4) is 0 Å². The smallest absolute Gasteiger partial charge is 0.336 e. The van der Waals surface area contributed by atoms with Crippen LogP contribution in [0.5, 0.6) is 0 Å². The average molecular weight is 241 g/mol. The molecular formula is C15H15NO2. The molecule has 0 aliphatic rings. The molecule has 1 aromatic carbocycles. The molecule has 0 aliphatic carbocycles. The second-order valence-corrected chi connectivity index (χ2v) is 4.46. The third-order valence-corrected chi connectivity index (χ3v) is 2.92. The predicted octanol–water partition coefficient (Wildman–Crippen LogP) is 3.37. The molecule has 0 aliphatic heterocycles. The molecule has 18 heavy (non-hydrogen) atoms. The summed E-state index contributed by atoms with van der Waals surface area (Å²) in [6.07, 6.45) is 0. The number of aromatic carboxylic acids is 1. The first-order valence-corrected chi connectivity index (χ1v) is 5.77. The van der Waals surface area contributed by atoms with Gasteiger partial charge in [0, 0.05) is 11.3 Å². The quantitative estimate of drug-likeness (QED) is 0.876. The Hall–Kier alpha value is -2.16. The van der Waals surface area contributed by atoms with Crippen LogP contribution in [0.15, 0.2) is 30.3 Å². The van der Waals surface area contributed by atoms with Crippen molar-refractivity contribution < 1.29 is 9.90 Å². The number of pyridine rings is 1. The number of nitrogens with zero attached hydrogens (tertiary/aromatic N) is 1. The largest absolute Gasteiger partial charge is 0.478 e. The number of aryl methyl sites for hydroxylation is 2. The number of hydrogen-bond donors (Lipinski definition) is 1. The lowest BCUT2D eigenvalue weighted by molar-refractivity contribution is 0.0696. The Bertz CT molecular complexity index is 618. The molecule has 0 fully saturated rings. The zero-order valence-electron chi connectivity index (χ0n) is 10.7. The summed E-state index contributed by atoms with van der Waals surface area (Å²) >= 11 is 0. The van der Waals surface area contributed by atoms with Crippen LogP contribution in [0.4, 0.5) is 0 Å². The van der Waals surface area contributed by atoms with Gasteiger partial charge in [-0.05, 0) is 38.5 Å². The molecular weight excluding hydrogens is 226 g/mol. The van der Waals surface area contributed by atoms with E-state index in [-0.39, 0.29) is 0 Å². The van der Waals surface area contributed by atoms with E-state index < -0.39 is 5.97 Å². The Morgan fingerprint density at radius 1 is 1.17 bits per heavy atom. The molecule has 0 amide bonds. The van der Waals surface area contributed by atoms with Crippen LogP contribution in [0.2, 0.25) is 0 Å². The minimum atomic E-state index is -0.910. The number of benzene rings is 1. The van der Waals surface area contributed by atoms with E-state index in [9.17, 15) is 9.90 Å². The molecule has 0 bridgehead atoms. The van der Waals surface area contributed by atoms with E-state index in [1.165, 1.54) is 0 Å². The van der Waals surface area contributed by atoms with Crippen molar-refractivity contribution in [2.45, 2.75) is 20.8 Å². The second-order valence-electron chi connectivity index (χ2n) is 4.46. The SMILES string of the molecule is Cc1cccc(-c2nc(C)cc(C(=O)O)c2C)c1. The Labute approximate surface area is 106 Å². The molecule has 0 saturated heterocycles. The summed E-state index contributed by atoms with van der Waals surface area (Å²) in [6, 6.07) is 9.53. The Kier molecular flexibility index (Phi) is 3.15. The number of carbonyl (C=O) groups is 1. The molecule has 0 atom stereocenters. The molecule has 3 nitrogen and oxygen atoms in total.